The third kappa shape index (κ3) is 3.04. The molecule has 2 aliphatic heterocycles. The topological polar surface area (TPSA) is 85.9 Å². The molecule has 1 saturated heterocycles. The molecule has 2 aliphatic rings. The molecular weight excluding hydrogens is 330 g/mol. The summed E-state index contributed by atoms with van der Waals surface area (Å²) in [6.07, 6.45) is 2.27. The summed E-state index contributed by atoms with van der Waals surface area (Å²) in [6.45, 7) is 2.33. The number of carbonyl (C=O) groups excluding carboxylic acids is 1. The van der Waals surface area contributed by atoms with Gasteiger partial charge in [-0.05, 0) is 44.0 Å². The molecule has 4 rings (SSSR count). The van der Waals surface area contributed by atoms with Crippen molar-refractivity contribution in [3.05, 3.63) is 59.2 Å². The fourth-order valence-electron chi connectivity index (χ4n) is 3.97. The number of rotatable bonds is 4. The summed E-state index contributed by atoms with van der Waals surface area (Å²) in [5.41, 5.74) is 8.96. The van der Waals surface area contributed by atoms with Crippen LogP contribution in [0.25, 0.3) is 0 Å². The molecule has 0 radical (unpaired) electrons. The van der Waals surface area contributed by atoms with Crippen molar-refractivity contribution >= 4 is 12.3 Å². The van der Waals surface area contributed by atoms with E-state index in [1.165, 1.54) is 11.1 Å². The molecule has 0 aromatic heterocycles. The number of amidine groups is 1. The molecule has 2 heterocycles. The molecule has 0 bridgehead atoms. The monoisotopic (exact) mass is 351 g/mol. The Hall–Kier alpha value is -2.86. The second kappa shape index (κ2) is 7.17. The predicted molar refractivity (Wildman–Crippen MR) is 98.3 cm³/mol. The molecule has 6 heteroatoms. The number of ether oxygens (including phenoxy) is 1. The van der Waals surface area contributed by atoms with Gasteiger partial charge in [0.1, 0.15) is 11.5 Å². The minimum atomic E-state index is 0.140. The summed E-state index contributed by atoms with van der Waals surface area (Å²) in [6, 6.07) is 14.0. The fourth-order valence-corrected chi connectivity index (χ4v) is 3.97. The van der Waals surface area contributed by atoms with Crippen LogP contribution in [0.15, 0.2) is 47.6 Å². The van der Waals surface area contributed by atoms with E-state index in [4.69, 9.17) is 10.5 Å². The summed E-state index contributed by atoms with van der Waals surface area (Å²) in [4.78, 5) is 14.7. The van der Waals surface area contributed by atoms with Crippen molar-refractivity contribution < 1.29 is 14.4 Å². The van der Waals surface area contributed by atoms with Gasteiger partial charge in [-0.3, -0.25) is 4.79 Å². The van der Waals surface area contributed by atoms with Gasteiger partial charge in [-0.1, -0.05) is 35.5 Å². The molecule has 1 fully saturated rings. The van der Waals surface area contributed by atoms with E-state index in [0.29, 0.717) is 17.4 Å². The highest BCUT2D eigenvalue weighted by atomic mass is 16.7. The Labute approximate surface area is 152 Å². The largest absolute Gasteiger partial charge is 0.457 e. The molecule has 3 N–H and O–H groups in total. The summed E-state index contributed by atoms with van der Waals surface area (Å²) >= 11 is 0. The van der Waals surface area contributed by atoms with Crippen molar-refractivity contribution in [3.63, 3.8) is 0 Å². The van der Waals surface area contributed by atoms with E-state index in [9.17, 15) is 4.79 Å². The van der Waals surface area contributed by atoms with Crippen LogP contribution >= 0.6 is 0 Å². The van der Waals surface area contributed by atoms with Crippen LogP contribution in [0, 0.1) is 5.92 Å². The first kappa shape index (κ1) is 16.6. The second-order valence-electron chi connectivity index (χ2n) is 6.64. The number of benzene rings is 2. The summed E-state index contributed by atoms with van der Waals surface area (Å²) in [5, 5.41) is 7.02. The first-order valence-electron chi connectivity index (χ1n) is 8.82. The van der Waals surface area contributed by atoms with Crippen molar-refractivity contribution in [2.45, 2.75) is 18.8 Å². The van der Waals surface area contributed by atoms with Crippen LogP contribution in [0.4, 0.5) is 0 Å². The predicted octanol–water partition coefficient (Wildman–Crippen LogP) is 2.72. The molecule has 26 heavy (non-hydrogen) atoms. The molecule has 134 valence electrons. The first-order valence-corrected chi connectivity index (χ1v) is 8.82. The molecule has 1 unspecified atom stereocenters. The normalized spacial score (nSPS) is 19.8. The maximum Gasteiger partial charge on any atom is 0.323 e. The van der Waals surface area contributed by atoms with Gasteiger partial charge >= 0.3 is 6.47 Å². The zero-order valence-electron chi connectivity index (χ0n) is 14.4. The minimum absolute atomic E-state index is 0.140. The van der Waals surface area contributed by atoms with Crippen LogP contribution in [-0.2, 0) is 9.63 Å². The third-order valence-electron chi connectivity index (χ3n) is 5.17. The molecule has 6 nitrogen and oxygen atoms in total. The Morgan fingerprint density at radius 1 is 1.15 bits per heavy atom. The number of hydrogen-bond donors (Lipinski definition) is 2. The lowest BCUT2D eigenvalue weighted by molar-refractivity contribution is -0.128. The Kier molecular flexibility index (Phi) is 4.58. The number of carbonyl (C=O) groups is 1. The number of nitrogens with one attached hydrogen (secondary N) is 1. The highest BCUT2D eigenvalue weighted by Crippen LogP contribution is 2.49. The maximum absolute atomic E-state index is 10.3. The van der Waals surface area contributed by atoms with E-state index in [2.05, 4.69) is 33.5 Å². The van der Waals surface area contributed by atoms with E-state index in [1.54, 1.807) is 0 Å². The third-order valence-corrected chi connectivity index (χ3v) is 5.17. The van der Waals surface area contributed by atoms with Crippen molar-refractivity contribution in [3.8, 4) is 11.5 Å². The summed E-state index contributed by atoms with van der Waals surface area (Å²) in [7, 11) is 0. The molecule has 0 saturated carbocycles. The van der Waals surface area contributed by atoms with Gasteiger partial charge in [0.05, 0.1) is 0 Å². The van der Waals surface area contributed by atoms with E-state index in [1.807, 2.05) is 24.3 Å². The molecule has 0 amide bonds. The van der Waals surface area contributed by atoms with Crippen LogP contribution in [0.3, 0.4) is 0 Å². The fraction of sp³-hybridized carbons (Fsp3) is 0.300. The standard InChI is InChI=1S/C20H21N3O3/c21-20(23-25-12-24)14-5-6-16-18(11-14)26-17-4-2-1-3-15(17)19(16)13-7-9-22-10-8-13/h1-6,11-13,19,22H,7-10H2,(H2,21,23). The molecular formula is C20H21N3O3. The molecule has 2 aromatic carbocycles. The Morgan fingerprint density at radius 3 is 2.73 bits per heavy atom. The van der Waals surface area contributed by atoms with Crippen molar-refractivity contribution in [2.24, 2.45) is 16.8 Å². The number of fused-ring (bicyclic) bond motifs is 2. The van der Waals surface area contributed by atoms with Crippen molar-refractivity contribution in [1.82, 2.24) is 5.32 Å². The van der Waals surface area contributed by atoms with E-state index in [-0.39, 0.29) is 12.3 Å². The minimum Gasteiger partial charge on any atom is -0.457 e. The van der Waals surface area contributed by atoms with Gasteiger partial charge in [0.25, 0.3) is 0 Å². The first-order chi connectivity index (χ1) is 12.8. The van der Waals surface area contributed by atoms with E-state index < -0.39 is 0 Å². The lowest BCUT2D eigenvalue weighted by atomic mass is 9.74. The molecule has 1 atom stereocenters. The quantitative estimate of drug-likeness (QED) is 0.291. The van der Waals surface area contributed by atoms with Gasteiger partial charge in [0.2, 0.25) is 0 Å². The van der Waals surface area contributed by atoms with Crippen LogP contribution in [0.1, 0.15) is 35.4 Å². The van der Waals surface area contributed by atoms with Gasteiger partial charge in [0, 0.05) is 22.6 Å². The Balaban J connectivity index is 1.76. The highest BCUT2D eigenvalue weighted by molar-refractivity contribution is 5.97. The van der Waals surface area contributed by atoms with Gasteiger partial charge in [-0.25, -0.2) is 0 Å². The number of para-hydroxylation sites is 1. The Bertz CT molecular complexity index is 844. The second-order valence-corrected chi connectivity index (χ2v) is 6.64. The average molecular weight is 351 g/mol. The molecule has 0 aliphatic carbocycles. The summed E-state index contributed by atoms with van der Waals surface area (Å²) in [5.74, 6) is 2.68. The van der Waals surface area contributed by atoms with Crippen molar-refractivity contribution in [2.75, 3.05) is 13.1 Å². The lowest BCUT2D eigenvalue weighted by Crippen LogP contribution is -2.32. The zero-order valence-corrected chi connectivity index (χ0v) is 14.4. The SMILES string of the molecule is N/C(=N\OC=O)c1ccc2c(c1)Oc1ccccc1C2C1CCNCC1. The Morgan fingerprint density at radius 2 is 1.92 bits per heavy atom. The maximum atomic E-state index is 10.3. The average Bonchev–Trinajstić information content (AvgIpc) is 2.70. The van der Waals surface area contributed by atoms with Crippen LogP contribution in [0.2, 0.25) is 0 Å². The van der Waals surface area contributed by atoms with E-state index >= 15 is 0 Å². The van der Waals surface area contributed by atoms with Crippen LogP contribution < -0.4 is 15.8 Å². The molecule has 0 spiro atoms. The van der Waals surface area contributed by atoms with Gasteiger partial charge in [-0.2, -0.15) is 0 Å². The number of piperidine rings is 1. The molecule has 2 aromatic rings. The number of hydrogen-bond acceptors (Lipinski definition) is 5. The number of nitrogens with zero attached hydrogens (tertiary/aromatic N) is 1. The number of oxime groups is 1. The smallest absolute Gasteiger partial charge is 0.323 e. The number of nitrogens with two attached hydrogens (primary N) is 1. The van der Waals surface area contributed by atoms with Crippen LogP contribution in [0.5, 0.6) is 11.5 Å². The van der Waals surface area contributed by atoms with Gasteiger partial charge < -0.3 is 20.6 Å². The van der Waals surface area contributed by atoms with Crippen molar-refractivity contribution in [1.29, 1.82) is 0 Å². The highest BCUT2D eigenvalue weighted by Gasteiger charge is 2.34. The zero-order chi connectivity index (χ0) is 17.9. The van der Waals surface area contributed by atoms with Gasteiger partial charge in [0.15, 0.2) is 5.84 Å². The van der Waals surface area contributed by atoms with E-state index in [0.717, 1.165) is 37.4 Å². The summed E-state index contributed by atoms with van der Waals surface area (Å²) < 4.78 is 6.16. The van der Waals surface area contributed by atoms with Gasteiger partial charge in [-0.15, -0.1) is 0 Å². The van der Waals surface area contributed by atoms with Crippen LogP contribution in [-0.4, -0.2) is 25.4 Å². The lowest BCUT2D eigenvalue weighted by Gasteiger charge is -2.36.